The SMILES string of the molecule is COc1cc([N+](=O)[O-])c2c(c1)[C@]1(C)CCN(C)C1N2C. The van der Waals surface area contributed by atoms with Crippen molar-refractivity contribution in [1.29, 1.82) is 0 Å². The first kappa shape index (κ1) is 13.2. The average molecular weight is 277 g/mol. The Bertz CT molecular complexity index is 589. The van der Waals surface area contributed by atoms with Crippen LogP contribution in [0.15, 0.2) is 12.1 Å². The highest BCUT2D eigenvalue weighted by Crippen LogP contribution is 2.54. The summed E-state index contributed by atoms with van der Waals surface area (Å²) in [7, 11) is 5.56. The summed E-state index contributed by atoms with van der Waals surface area (Å²) in [5.74, 6) is 0.556. The highest BCUT2D eigenvalue weighted by atomic mass is 16.6. The Morgan fingerprint density at radius 1 is 1.45 bits per heavy atom. The maximum Gasteiger partial charge on any atom is 0.296 e. The van der Waals surface area contributed by atoms with Crippen molar-refractivity contribution in [3.8, 4) is 5.75 Å². The number of ether oxygens (including phenoxy) is 1. The highest BCUT2D eigenvalue weighted by molar-refractivity contribution is 5.76. The van der Waals surface area contributed by atoms with E-state index in [1.54, 1.807) is 7.11 Å². The molecule has 20 heavy (non-hydrogen) atoms. The molecule has 1 fully saturated rings. The van der Waals surface area contributed by atoms with Gasteiger partial charge in [0.25, 0.3) is 5.69 Å². The van der Waals surface area contributed by atoms with Gasteiger partial charge in [0.1, 0.15) is 11.4 Å². The van der Waals surface area contributed by atoms with E-state index in [0.29, 0.717) is 5.75 Å². The molecule has 1 unspecified atom stereocenters. The van der Waals surface area contributed by atoms with Gasteiger partial charge < -0.3 is 9.64 Å². The summed E-state index contributed by atoms with van der Waals surface area (Å²) in [6.07, 6.45) is 1.17. The number of likely N-dealkylation sites (tertiary alicyclic amines) is 1. The Hall–Kier alpha value is -1.82. The van der Waals surface area contributed by atoms with E-state index < -0.39 is 0 Å². The number of hydrogen-bond donors (Lipinski definition) is 0. The van der Waals surface area contributed by atoms with Gasteiger partial charge >= 0.3 is 0 Å². The van der Waals surface area contributed by atoms with E-state index in [0.717, 1.165) is 24.2 Å². The number of fused-ring (bicyclic) bond motifs is 3. The molecule has 0 bridgehead atoms. The van der Waals surface area contributed by atoms with Crippen molar-refractivity contribution in [2.75, 3.05) is 32.6 Å². The zero-order valence-corrected chi connectivity index (χ0v) is 12.2. The number of nitro groups is 1. The van der Waals surface area contributed by atoms with E-state index in [1.165, 1.54) is 6.07 Å². The molecule has 6 nitrogen and oxygen atoms in total. The van der Waals surface area contributed by atoms with Gasteiger partial charge in [0.15, 0.2) is 0 Å². The van der Waals surface area contributed by atoms with Gasteiger partial charge in [-0.15, -0.1) is 0 Å². The minimum Gasteiger partial charge on any atom is -0.496 e. The minimum atomic E-state index is -0.317. The van der Waals surface area contributed by atoms with Gasteiger partial charge in [0.2, 0.25) is 0 Å². The maximum absolute atomic E-state index is 11.4. The largest absolute Gasteiger partial charge is 0.496 e. The topological polar surface area (TPSA) is 58.9 Å². The number of likely N-dealkylation sites (N-methyl/N-ethyl adjacent to an activating group) is 2. The fraction of sp³-hybridized carbons (Fsp3) is 0.571. The first-order chi connectivity index (χ1) is 9.40. The van der Waals surface area contributed by atoms with E-state index in [4.69, 9.17) is 4.74 Å². The minimum absolute atomic E-state index is 0.0852. The van der Waals surface area contributed by atoms with Crippen LogP contribution in [0, 0.1) is 10.1 Å². The molecule has 2 heterocycles. The molecule has 1 saturated heterocycles. The summed E-state index contributed by atoms with van der Waals surface area (Å²) >= 11 is 0. The molecule has 3 rings (SSSR count). The number of methoxy groups -OCH3 is 1. The van der Waals surface area contributed by atoms with E-state index in [-0.39, 0.29) is 22.2 Å². The molecule has 0 N–H and O–H groups in total. The molecule has 108 valence electrons. The van der Waals surface area contributed by atoms with Crippen LogP contribution in [-0.2, 0) is 5.41 Å². The summed E-state index contributed by atoms with van der Waals surface area (Å²) in [4.78, 5) is 15.4. The Morgan fingerprint density at radius 2 is 2.15 bits per heavy atom. The van der Waals surface area contributed by atoms with Crippen LogP contribution >= 0.6 is 0 Å². The van der Waals surface area contributed by atoms with Gasteiger partial charge in [-0.1, -0.05) is 6.92 Å². The molecule has 2 atom stereocenters. The molecule has 0 aromatic heterocycles. The molecule has 0 amide bonds. The summed E-state index contributed by atoms with van der Waals surface area (Å²) in [6.45, 7) is 3.18. The quantitative estimate of drug-likeness (QED) is 0.611. The predicted molar refractivity (Wildman–Crippen MR) is 76.4 cm³/mol. The van der Waals surface area contributed by atoms with Crippen LogP contribution in [0.5, 0.6) is 5.75 Å². The van der Waals surface area contributed by atoms with Crippen molar-refractivity contribution in [3.05, 3.63) is 27.8 Å². The molecular weight excluding hydrogens is 258 g/mol. The summed E-state index contributed by atoms with van der Waals surface area (Å²) in [5, 5.41) is 11.4. The maximum atomic E-state index is 11.4. The van der Waals surface area contributed by atoms with Crippen molar-refractivity contribution >= 4 is 11.4 Å². The molecule has 0 aliphatic carbocycles. The van der Waals surface area contributed by atoms with Crippen LogP contribution in [0.1, 0.15) is 18.9 Å². The summed E-state index contributed by atoms with van der Waals surface area (Å²) in [5.41, 5.74) is 1.80. The zero-order valence-electron chi connectivity index (χ0n) is 12.2. The Labute approximate surface area is 118 Å². The third kappa shape index (κ3) is 1.48. The second kappa shape index (κ2) is 4.09. The van der Waals surface area contributed by atoms with Gasteiger partial charge in [-0.2, -0.15) is 0 Å². The van der Waals surface area contributed by atoms with Gasteiger partial charge in [-0.3, -0.25) is 15.0 Å². The van der Waals surface area contributed by atoms with E-state index >= 15 is 0 Å². The molecule has 2 aliphatic heterocycles. The van der Waals surface area contributed by atoms with Crippen molar-refractivity contribution in [1.82, 2.24) is 4.90 Å². The van der Waals surface area contributed by atoms with Crippen molar-refractivity contribution in [2.24, 2.45) is 0 Å². The lowest BCUT2D eigenvalue weighted by Gasteiger charge is -2.32. The fourth-order valence-electron chi connectivity index (χ4n) is 3.92. The van der Waals surface area contributed by atoms with Crippen LogP contribution in [0.2, 0.25) is 0 Å². The van der Waals surface area contributed by atoms with E-state index in [9.17, 15) is 10.1 Å². The molecule has 6 heteroatoms. The Balaban J connectivity index is 2.27. The second-order valence-electron chi connectivity index (χ2n) is 5.93. The predicted octanol–water partition coefficient (Wildman–Crippen LogP) is 1.97. The van der Waals surface area contributed by atoms with E-state index in [2.05, 4.69) is 18.9 Å². The number of anilines is 1. The Kier molecular flexibility index (Phi) is 2.69. The lowest BCUT2D eigenvalue weighted by molar-refractivity contribution is -0.384. The standard InChI is InChI=1S/C14H19N3O3/c1-14-5-6-15(2)13(14)16(3)12-10(14)7-9(20-4)8-11(12)17(18)19/h7-8,13H,5-6H2,1-4H3/t13?,14-/m0/s1. The normalized spacial score (nSPS) is 28.4. The van der Waals surface area contributed by atoms with Crippen molar-refractivity contribution in [3.63, 3.8) is 0 Å². The van der Waals surface area contributed by atoms with E-state index in [1.807, 2.05) is 18.0 Å². The smallest absolute Gasteiger partial charge is 0.296 e. The van der Waals surface area contributed by atoms with Crippen molar-refractivity contribution < 1.29 is 9.66 Å². The number of nitro benzene ring substituents is 1. The molecule has 2 aliphatic rings. The van der Waals surface area contributed by atoms with Crippen LogP contribution in [0.25, 0.3) is 0 Å². The third-order valence-corrected chi connectivity index (χ3v) is 4.80. The van der Waals surface area contributed by atoms with Gasteiger partial charge in [-0.05, 0) is 25.1 Å². The molecule has 1 aromatic rings. The first-order valence-electron chi connectivity index (χ1n) is 6.70. The van der Waals surface area contributed by atoms with Gasteiger partial charge in [0, 0.05) is 19.0 Å². The molecular formula is C14H19N3O3. The first-order valence-corrected chi connectivity index (χ1v) is 6.70. The van der Waals surface area contributed by atoms with Crippen LogP contribution in [0.3, 0.4) is 0 Å². The molecule has 1 aromatic carbocycles. The Morgan fingerprint density at radius 3 is 2.75 bits per heavy atom. The van der Waals surface area contributed by atoms with Crippen LogP contribution in [-0.4, -0.2) is 43.7 Å². The number of benzene rings is 1. The van der Waals surface area contributed by atoms with Crippen LogP contribution < -0.4 is 9.64 Å². The zero-order chi connectivity index (χ0) is 14.7. The lowest BCUT2D eigenvalue weighted by atomic mass is 9.81. The monoisotopic (exact) mass is 277 g/mol. The van der Waals surface area contributed by atoms with Gasteiger partial charge in [0.05, 0.1) is 24.3 Å². The molecule has 0 spiro atoms. The van der Waals surface area contributed by atoms with Crippen molar-refractivity contribution in [2.45, 2.75) is 24.9 Å². The number of nitrogens with zero attached hydrogens (tertiary/aromatic N) is 3. The molecule has 0 saturated carbocycles. The molecule has 0 radical (unpaired) electrons. The summed E-state index contributed by atoms with van der Waals surface area (Å²) in [6, 6.07) is 3.47. The second-order valence-corrected chi connectivity index (χ2v) is 5.93. The van der Waals surface area contributed by atoms with Gasteiger partial charge in [-0.25, -0.2) is 0 Å². The number of rotatable bonds is 2. The lowest BCUT2D eigenvalue weighted by Crippen LogP contribution is -2.45. The summed E-state index contributed by atoms with van der Waals surface area (Å²) < 4.78 is 5.25. The third-order valence-electron chi connectivity index (χ3n) is 4.80. The average Bonchev–Trinajstić information content (AvgIpc) is 2.83. The van der Waals surface area contributed by atoms with Crippen LogP contribution in [0.4, 0.5) is 11.4 Å². The fourth-order valence-corrected chi connectivity index (χ4v) is 3.92. The highest BCUT2D eigenvalue weighted by Gasteiger charge is 2.54. The number of hydrogen-bond acceptors (Lipinski definition) is 5.